The number of hydrogen-bond acceptors (Lipinski definition) is 4. The molecule has 0 aliphatic rings. The zero-order valence-electron chi connectivity index (χ0n) is 12.7. The molecular weight excluding hydrogens is 336 g/mol. The SMILES string of the molecule is O=S(=O)(Cl)CCCCOc1ccc(OCc2ccccc2)cc1. The van der Waals surface area contributed by atoms with Crippen LogP contribution in [0.2, 0.25) is 0 Å². The van der Waals surface area contributed by atoms with Crippen molar-refractivity contribution < 1.29 is 17.9 Å². The maximum absolute atomic E-state index is 10.8. The van der Waals surface area contributed by atoms with E-state index in [1.165, 1.54) is 0 Å². The van der Waals surface area contributed by atoms with Crippen LogP contribution in [0.15, 0.2) is 54.6 Å². The van der Waals surface area contributed by atoms with E-state index in [-0.39, 0.29) is 5.75 Å². The molecule has 0 fully saturated rings. The highest BCUT2D eigenvalue weighted by Crippen LogP contribution is 2.19. The van der Waals surface area contributed by atoms with E-state index in [1.54, 1.807) is 0 Å². The van der Waals surface area contributed by atoms with Gasteiger partial charge in [0.25, 0.3) is 0 Å². The molecule has 0 aromatic heterocycles. The Kier molecular flexibility index (Phi) is 6.74. The lowest BCUT2D eigenvalue weighted by molar-refractivity contribution is 0.299. The van der Waals surface area contributed by atoms with Crippen LogP contribution < -0.4 is 9.47 Å². The molecular formula is C17H19ClO4S. The third-order valence-corrected chi connectivity index (χ3v) is 4.36. The van der Waals surface area contributed by atoms with Gasteiger partial charge in [0.15, 0.2) is 0 Å². The summed E-state index contributed by atoms with van der Waals surface area (Å²) in [5.74, 6) is 1.48. The molecule has 2 rings (SSSR count). The summed E-state index contributed by atoms with van der Waals surface area (Å²) in [7, 11) is 1.73. The van der Waals surface area contributed by atoms with E-state index in [2.05, 4.69) is 0 Å². The van der Waals surface area contributed by atoms with Crippen molar-refractivity contribution in [3.05, 3.63) is 60.2 Å². The van der Waals surface area contributed by atoms with Gasteiger partial charge in [0, 0.05) is 10.7 Å². The molecule has 23 heavy (non-hydrogen) atoms. The fourth-order valence-electron chi connectivity index (χ4n) is 1.94. The van der Waals surface area contributed by atoms with Crippen molar-refractivity contribution in [1.82, 2.24) is 0 Å². The van der Waals surface area contributed by atoms with Gasteiger partial charge in [-0.2, -0.15) is 0 Å². The Balaban J connectivity index is 1.70. The monoisotopic (exact) mass is 354 g/mol. The standard InChI is InChI=1S/C17H19ClO4S/c18-23(19,20)13-5-4-12-21-16-8-10-17(11-9-16)22-14-15-6-2-1-3-7-15/h1-3,6-11H,4-5,12-14H2. The van der Waals surface area contributed by atoms with Gasteiger partial charge in [-0.25, -0.2) is 8.42 Å². The van der Waals surface area contributed by atoms with Gasteiger partial charge < -0.3 is 9.47 Å². The van der Waals surface area contributed by atoms with Crippen molar-refractivity contribution in [1.29, 1.82) is 0 Å². The van der Waals surface area contributed by atoms with Crippen LogP contribution in [0, 0.1) is 0 Å². The number of ether oxygens (including phenoxy) is 2. The average Bonchev–Trinajstić information content (AvgIpc) is 2.54. The van der Waals surface area contributed by atoms with E-state index in [4.69, 9.17) is 20.2 Å². The van der Waals surface area contributed by atoms with Crippen molar-refractivity contribution in [3.8, 4) is 11.5 Å². The molecule has 0 unspecified atom stereocenters. The molecule has 0 bridgehead atoms. The summed E-state index contributed by atoms with van der Waals surface area (Å²) >= 11 is 0. The van der Waals surface area contributed by atoms with E-state index in [1.807, 2.05) is 54.6 Å². The minimum absolute atomic E-state index is 0.0236. The summed E-state index contributed by atoms with van der Waals surface area (Å²) in [4.78, 5) is 0. The molecule has 0 radical (unpaired) electrons. The molecule has 0 N–H and O–H groups in total. The lowest BCUT2D eigenvalue weighted by Crippen LogP contribution is -2.02. The molecule has 0 atom stereocenters. The Hall–Kier alpha value is -1.72. The number of benzene rings is 2. The second-order valence-corrected chi connectivity index (χ2v) is 7.94. The molecule has 0 heterocycles. The molecule has 2 aromatic rings. The largest absolute Gasteiger partial charge is 0.494 e. The van der Waals surface area contributed by atoms with Gasteiger partial charge in [0.2, 0.25) is 9.05 Å². The first-order valence-electron chi connectivity index (χ1n) is 7.35. The minimum Gasteiger partial charge on any atom is -0.494 e. The second-order valence-electron chi connectivity index (χ2n) is 5.04. The lowest BCUT2D eigenvalue weighted by atomic mass is 10.2. The third-order valence-electron chi connectivity index (χ3n) is 3.12. The topological polar surface area (TPSA) is 52.6 Å². The highest BCUT2D eigenvalue weighted by atomic mass is 35.7. The highest BCUT2D eigenvalue weighted by molar-refractivity contribution is 8.13. The fraction of sp³-hybridized carbons (Fsp3) is 0.294. The van der Waals surface area contributed by atoms with Gasteiger partial charge >= 0.3 is 0 Å². The lowest BCUT2D eigenvalue weighted by Gasteiger charge is -2.08. The van der Waals surface area contributed by atoms with Crippen molar-refractivity contribution in [2.45, 2.75) is 19.4 Å². The number of rotatable bonds is 9. The van der Waals surface area contributed by atoms with Crippen LogP contribution >= 0.6 is 10.7 Å². The molecule has 4 nitrogen and oxygen atoms in total. The van der Waals surface area contributed by atoms with Gasteiger partial charge in [-0.1, -0.05) is 30.3 Å². The zero-order chi connectivity index (χ0) is 16.5. The predicted molar refractivity (Wildman–Crippen MR) is 91.6 cm³/mol. The van der Waals surface area contributed by atoms with Crippen LogP contribution in [0.5, 0.6) is 11.5 Å². The first-order valence-corrected chi connectivity index (χ1v) is 9.83. The molecule has 6 heteroatoms. The normalized spacial score (nSPS) is 11.2. The molecule has 124 valence electrons. The van der Waals surface area contributed by atoms with Crippen LogP contribution in [0.1, 0.15) is 18.4 Å². The summed E-state index contributed by atoms with van der Waals surface area (Å²) in [6.45, 7) is 0.977. The predicted octanol–water partition coefficient (Wildman–Crippen LogP) is 3.99. The smallest absolute Gasteiger partial charge is 0.232 e. The molecule has 0 amide bonds. The summed E-state index contributed by atoms with van der Waals surface area (Å²) in [6.07, 6.45) is 1.13. The first-order chi connectivity index (χ1) is 11.0. The van der Waals surface area contributed by atoms with Crippen molar-refractivity contribution >= 4 is 19.7 Å². The quantitative estimate of drug-likeness (QED) is 0.504. The van der Waals surface area contributed by atoms with Crippen LogP contribution in [0.25, 0.3) is 0 Å². The van der Waals surface area contributed by atoms with Crippen LogP contribution in [0.4, 0.5) is 0 Å². The maximum Gasteiger partial charge on any atom is 0.232 e. The second kappa shape index (κ2) is 8.79. The Morgan fingerprint density at radius 1 is 0.826 bits per heavy atom. The van der Waals surface area contributed by atoms with E-state index in [0.717, 1.165) is 17.1 Å². The summed E-state index contributed by atoms with van der Waals surface area (Å²) in [5, 5.41) is 0. The number of halogens is 1. The summed E-state index contributed by atoms with van der Waals surface area (Å²) in [5.41, 5.74) is 1.11. The van der Waals surface area contributed by atoms with Gasteiger partial charge in [-0.05, 0) is 42.7 Å². The third kappa shape index (κ3) is 7.39. The number of unbranched alkanes of at least 4 members (excludes halogenated alkanes) is 1. The van der Waals surface area contributed by atoms with Gasteiger partial charge in [-0.3, -0.25) is 0 Å². The Labute approximate surface area is 141 Å². The molecule has 0 aliphatic heterocycles. The minimum atomic E-state index is -3.40. The van der Waals surface area contributed by atoms with Gasteiger partial charge in [-0.15, -0.1) is 0 Å². The Bertz CT molecular complexity index is 684. The van der Waals surface area contributed by atoms with E-state index < -0.39 is 9.05 Å². The molecule has 0 spiro atoms. The highest BCUT2D eigenvalue weighted by Gasteiger charge is 2.04. The van der Waals surface area contributed by atoms with E-state index in [0.29, 0.717) is 26.1 Å². The van der Waals surface area contributed by atoms with Crippen LogP contribution in [-0.4, -0.2) is 20.8 Å². The fourth-order valence-corrected chi connectivity index (χ4v) is 2.82. The Morgan fingerprint density at radius 2 is 1.43 bits per heavy atom. The van der Waals surface area contributed by atoms with Crippen LogP contribution in [-0.2, 0) is 15.7 Å². The van der Waals surface area contributed by atoms with Crippen molar-refractivity contribution in [2.75, 3.05) is 12.4 Å². The van der Waals surface area contributed by atoms with Crippen molar-refractivity contribution in [2.24, 2.45) is 0 Å². The van der Waals surface area contributed by atoms with Crippen molar-refractivity contribution in [3.63, 3.8) is 0 Å². The molecule has 0 saturated heterocycles. The average molecular weight is 355 g/mol. The van der Waals surface area contributed by atoms with E-state index in [9.17, 15) is 8.42 Å². The Morgan fingerprint density at radius 3 is 2.04 bits per heavy atom. The number of hydrogen-bond donors (Lipinski definition) is 0. The molecule has 0 aliphatic carbocycles. The van der Waals surface area contributed by atoms with Crippen LogP contribution in [0.3, 0.4) is 0 Å². The van der Waals surface area contributed by atoms with E-state index >= 15 is 0 Å². The first kappa shape index (κ1) is 17.6. The van der Waals surface area contributed by atoms with Gasteiger partial charge in [0.1, 0.15) is 18.1 Å². The molecule has 2 aromatic carbocycles. The summed E-state index contributed by atoms with van der Waals surface area (Å²) in [6, 6.07) is 17.3. The molecule has 0 saturated carbocycles. The maximum atomic E-state index is 10.8. The summed E-state index contributed by atoms with van der Waals surface area (Å²) < 4.78 is 32.8. The van der Waals surface area contributed by atoms with Gasteiger partial charge in [0.05, 0.1) is 12.4 Å². The zero-order valence-corrected chi connectivity index (χ0v) is 14.2.